The molecule has 2 unspecified atom stereocenters. The number of carbonyl (C=O) groups is 3. The minimum absolute atomic E-state index is 0.0366. The van der Waals surface area contributed by atoms with Crippen molar-refractivity contribution in [2.24, 2.45) is 11.8 Å². The van der Waals surface area contributed by atoms with Gasteiger partial charge in [0.15, 0.2) is 5.78 Å². The van der Waals surface area contributed by atoms with Gasteiger partial charge in [0.05, 0.1) is 25.9 Å². The van der Waals surface area contributed by atoms with Gasteiger partial charge < -0.3 is 9.47 Å². The first kappa shape index (κ1) is 29.0. The van der Waals surface area contributed by atoms with Crippen molar-refractivity contribution in [3.63, 3.8) is 0 Å². The maximum Gasteiger partial charge on any atom is 0.314 e. The van der Waals surface area contributed by atoms with Crippen molar-refractivity contribution in [3.05, 3.63) is 21.9 Å². The van der Waals surface area contributed by atoms with Gasteiger partial charge in [-0.1, -0.05) is 76.9 Å². The molecule has 0 N–H and O–H groups in total. The average Bonchev–Trinajstić information content (AvgIpc) is 3.27. The van der Waals surface area contributed by atoms with E-state index in [1.807, 2.05) is 19.9 Å². The topological polar surface area (TPSA) is 93.5 Å². The molecule has 2 rings (SSSR count). The number of fused-ring (bicyclic) bond motifs is 1. The zero-order valence-electron chi connectivity index (χ0n) is 21.3. The summed E-state index contributed by atoms with van der Waals surface area (Å²) in [5, 5.41) is 9.51. The molecule has 1 aliphatic heterocycles. The van der Waals surface area contributed by atoms with Crippen LogP contribution in [0.4, 0.5) is 0 Å². The average molecular weight is 518 g/mol. The van der Waals surface area contributed by atoms with E-state index < -0.39 is 0 Å². The number of carbonyl (C=O) groups excluding carboxylic acids is 3. The minimum atomic E-state index is -0.344. The van der Waals surface area contributed by atoms with Gasteiger partial charge in [-0.25, -0.2) is 0 Å². The first-order valence-electron chi connectivity index (χ1n) is 12.4. The second-order valence-electron chi connectivity index (χ2n) is 8.59. The molecular weight excluding hydrogens is 482 g/mol. The van der Waals surface area contributed by atoms with Crippen LogP contribution in [0, 0.1) is 23.2 Å². The number of benzene rings is 1. The predicted octanol–water partition coefficient (Wildman–Crippen LogP) is 7.45. The number of esters is 2. The maximum absolute atomic E-state index is 12.9. The molecule has 1 aliphatic rings. The lowest BCUT2D eigenvalue weighted by Crippen LogP contribution is -2.21. The molecule has 0 spiro atoms. The first-order chi connectivity index (χ1) is 16.8. The Hall–Kier alpha value is -2.24. The molecule has 0 aromatic heterocycles. The van der Waals surface area contributed by atoms with E-state index >= 15 is 0 Å². The van der Waals surface area contributed by atoms with Crippen LogP contribution in [0.5, 0.6) is 11.5 Å². The Kier molecular flexibility index (Phi) is 11.9. The summed E-state index contributed by atoms with van der Waals surface area (Å²) in [4.78, 5) is 38.9. The summed E-state index contributed by atoms with van der Waals surface area (Å²) < 4.78 is 12.1. The zero-order valence-corrected chi connectivity index (χ0v) is 22.9. The van der Waals surface area contributed by atoms with Crippen LogP contribution in [0.15, 0.2) is 31.7 Å². The van der Waals surface area contributed by atoms with Gasteiger partial charge in [-0.2, -0.15) is 5.26 Å². The molecule has 1 heterocycles. The molecule has 0 bridgehead atoms. The number of ketones is 1. The molecule has 0 aliphatic carbocycles. The van der Waals surface area contributed by atoms with Crippen molar-refractivity contribution in [2.45, 2.75) is 95.8 Å². The Labute approximate surface area is 217 Å². The molecular formula is C27H35NO5S2. The summed E-state index contributed by atoms with van der Waals surface area (Å²) in [5.74, 6) is -0.635. The number of rotatable bonds is 13. The normalized spacial score (nSPS) is 14.0. The van der Waals surface area contributed by atoms with Crippen LogP contribution >= 0.6 is 23.5 Å². The zero-order chi connectivity index (χ0) is 26.0. The van der Waals surface area contributed by atoms with E-state index in [1.165, 1.54) is 30.4 Å². The molecule has 2 atom stereocenters. The Morgan fingerprint density at radius 2 is 1.29 bits per heavy atom. The highest BCUT2D eigenvalue weighted by Gasteiger charge is 2.32. The van der Waals surface area contributed by atoms with E-state index in [4.69, 9.17) is 9.47 Å². The predicted molar refractivity (Wildman–Crippen MR) is 139 cm³/mol. The fourth-order valence-corrected chi connectivity index (χ4v) is 6.40. The van der Waals surface area contributed by atoms with Crippen molar-refractivity contribution in [1.29, 1.82) is 5.26 Å². The number of hydrogen-bond donors (Lipinski definition) is 0. The molecule has 190 valence electrons. The number of Topliss-reactive ketones (excluding diaryl/α,β-unsaturated/α-hetero) is 1. The van der Waals surface area contributed by atoms with Crippen molar-refractivity contribution in [3.8, 4) is 17.6 Å². The number of nitriles is 1. The van der Waals surface area contributed by atoms with Crippen molar-refractivity contribution >= 4 is 41.2 Å². The van der Waals surface area contributed by atoms with E-state index in [0.29, 0.717) is 38.4 Å². The van der Waals surface area contributed by atoms with Crippen LogP contribution in [-0.2, 0) is 14.4 Å². The van der Waals surface area contributed by atoms with E-state index in [-0.39, 0.29) is 35.1 Å². The summed E-state index contributed by atoms with van der Waals surface area (Å²) in [6, 6.07) is 5.24. The smallest absolute Gasteiger partial charge is 0.314 e. The summed E-state index contributed by atoms with van der Waals surface area (Å²) >= 11 is 2.41. The van der Waals surface area contributed by atoms with E-state index in [2.05, 4.69) is 13.8 Å². The number of thioether (sulfide) groups is 2. The van der Waals surface area contributed by atoms with Crippen LogP contribution < -0.4 is 9.47 Å². The van der Waals surface area contributed by atoms with Gasteiger partial charge in [0.2, 0.25) is 0 Å². The highest BCUT2D eigenvalue weighted by Crippen LogP contribution is 2.59. The summed E-state index contributed by atoms with van der Waals surface area (Å²) in [6.45, 7) is 9.44. The minimum Gasteiger partial charge on any atom is -0.425 e. The maximum atomic E-state index is 12.9. The number of unbranched alkanes of at least 4 members (excludes halogenated alkanes) is 2. The molecule has 6 nitrogen and oxygen atoms in total. The fourth-order valence-electron chi connectivity index (χ4n) is 3.72. The van der Waals surface area contributed by atoms with Crippen molar-refractivity contribution in [2.75, 3.05) is 0 Å². The highest BCUT2D eigenvalue weighted by molar-refractivity contribution is 8.24. The van der Waals surface area contributed by atoms with Crippen molar-refractivity contribution in [1.82, 2.24) is 0 Å². The van der Waals surface area contributed by atoms with E-state index in [0.717, 1.165) is 38.5 Å². The van der Waals surface area contributed by atoms with Gasteiger partial charge in [-0.15, -0.1) is 0 Å². The summed E-state index contributed by atoms with van der Waals surface area (Å²) in [7, 11) is 0. The molecule has 1 aromatic rings. The highest BCUT2D eigenvalue weighted by atomic mass is 32.2. The van der Waals surface area contributed by atoms with Crippen LogP contribution in [0.1, 0.15) is 86.0 Å². The third-order valence-corrected chi connectivity index (χ3v) is 8.61. The van der Waals surface area contributed by atoms with Crippen molar-refractivity contribution < 1.29 is 23.9 Å². The number of allylic oxidation sites excluding steroid dienone is 1. The quantitative estimate of drug-likeness (QED) is 0.115. The van der Waals surface area contributed by atoms with Gasteiger partial charge in [-0.05, 0) is 44.7 Å². The van der Waals surface area contributed by atoms with Gasteiger partial charge in [0.1, 0.15) is 23.1 Å². The Balaban J connectivity index is 2.42. The van der Waals surface area contributed by atoms with E-state index in [1.54, 1.807) is 12.1 Å². The Morgan fingerprint density at radius 1 is 0.857 bits per heavy atom. The summed E-state index contributed by atoms with van der Waals surface area (Å²) in [5.41, 5.74) is 0.0366. The standard InChI is InChI=1S/C27H35NO5S2/c1-6-10-12-18(8-3)25(30)32-21-14-15-22(33-26(31)19(9-4)13-11-7-2)24-23(21)34-27(35-24)20(16-28)17(5)29/h14-15,18-19H,6-13H2,1-5H3. The Bertz CT molecular complexity index is 951. The molecule has 35 heavy (non-hydrogen) atoms. The monoisotopic (exact) mass is 517 g/mol. The molecule has 0 saturated carbocycles. The van der Waals surface area contributed by atoms with Crippen LogP contribution in [0.2, 0.25) is 0 Å². The van der Waals surface area contributed by atoms with Crippen LogP contribution in [-0.4, -0.2) is 17.7 Å². The largest absolute Gasteiger partial charge is 0.425 e. The second kappa shape index (κ2) is 14.4. The molecule has 0 radical (unpaired) electrons. The number of nitrogens with zero attached hydrogens (tertiary/aromatic N) is 1. The van der Waals surface area contributed by atoms with E-state index in [9.17, 15) is 19.6 Å². The van der Waals surface area contributed by atoms with Crippen LogP contribution in [0.25, 0.3) is 0 Å². The lowest BCUT2D eigenvalue weighted by molar-refractivity contribution is -0.140. The first-order valence-corrected chi connectivity index (χ1v) is 14.1. The van der Waals surface area contributed by atoms with Gasteiger partial charge in [-0.3, -0.25) is 14.4 Å². The summed E-state index contributed by atoms with van der Waals surface area (Å²) in [6.07, 6.45) is 6.77. The molecule has 0 fully saturated rings. The SMILES string of the molecule is CCCCC(CC)C(=O)Oc1ccc(OC(=O)C(CC)CCCC)c2c1SC(=C(C#N)C(C)=O)S2. The van der Waals surface area contributed by atoms with Gasteiger partial charge in [0.25, 0.3) is 0 Å². The molecule has 0 amide bonds. The number of ether oxygens (including phenoxy) is 2. The van der Waals surface area contributed by atoms with Crippen LogP contribution in [0.3, 0.4) is 0 Å². The van der Waals surface area contributed by atoms with Gasteiger partial charge in [0, 0.05) is 0 Å². The lowest BCUT2D eigenvalue weighted by atomic mass is 10.00. The Morgan fingerprint density at radius 3 is 1.60 bits per heavy atom. The molecule has 1 aromatic carbocycles. The molecule has 0 saturated heterocycles. The molecule has 8 heteroatoms. The lowest BCUT2D eigenvalue weighted by Gasteiger charge is -2.17. The third kappa shape index (κ3) is 7.62. The second-order valence-corrected chi connectivity index (χ2v) is 10.9. The van der Waals surface area contributed by atoms with Gasteiger partial charge >= 0.3 is 11.9 Å². The number of hydrogen-bond acceptors (Lipinski definition) is 8. The fraction of sp³-hybridized carbons (Fsp3) is 0.556. The third-order valence-electron chi connectivity index (χ3n) is 5.98.